The van der Waals surface area contributed by atoms with Gasteiger partial charge >= 0.3 is 11.9 Å². The number of nitriles is 1. The molecule has 4 rings (SSSR count). The Labute approximate surface area is 194 Å². The molecule has 0 radical (unpaired) electrons. The van der Waals surface area contributed by atoms with Crippen molar-refractivity contribution in [3.63, 3.8) is 0 Å². The minimum atomic E-state index is -0.974. The topological polar surface area (TPSA) is 139 Å². The number of pyridine rings is 1. The zero-order valence-corrected chi connectivity index (χ0v) is 18.4. The lowest BCUT2D eigenvalue weighted by molar-refractivity contribution is -0.139. The Morgan fingerprint density at radius 1 is 1.00 bits per heavy atom. The summed E-state index contributed by atoms with van der Waals surface area (Å²) < 4.78 is 10.0. The molecule has 1 atom stereocenters. The fraction of sp³-hybridized carbons (Fsp3) is 0.120. The SMILES string of the molecule is COC(=O)C1=C(C(=O)OC)N(c2cccc3ccc(=O)[nH]c23)C(N)=C(C#N)C1c1ccccc1. The van der Waals surface area contributed by atoms with E-state index in [1.807, 2.05) is 0 Å². The van der Waals surface area contributed by atoms with E-state index in [0.717, 1.165) is 0 Å². The Morgan fingerprint density at radius 3 is 2.35 bits per heavy atom. The van der Waals surface area contributed by atoms with Gasteiger partial charge in [0.1, 0.15) is 11.5 Å². The van der Waals surface area contributed by atoms with E-state index in [1.54, 1.807) is 54.6 Å². The highest BCUT2D eigenvalue weighted by Crippen LogP contribution is 2.44. The average Bonchev–Trinajstić information content (AvgIpc) is 2.87. The number of carbonyl (C=O) groups excluding carboxylic acids is 2. The highest BCUT2D eigenvalue weighted by molar-refractivity contribution is 6.08. The number of aromatic nitrogens is 1. The van der Waals surface area contributed by atoms with Crippen LogP contribution >= 0.6 is 0 Å². The summed E-state index contributed by atoms with van der Waals surface area (Å²) in [5, 5.41) is 10.8. The highest BCUT2D eigenvalue weighted by atomic mass is 16.5. The molecule has 34 heavy (non-hydrogen) atoms. The van der Waals surface area contributed by atoms with Crippen LogP contribution in [0.4, 0.5) is 5.69 Å². The van der Waals surface area contributed by atoms with Gasteiger partial charge in [-0.2, -0.15) is 5.26 Å². The molecule has 3 N–H and O–H groups in total. The molecule has 0 saturated carbocycles. The number of ether oxygens (including phenoxy) is 2. The van der Waals surface area contributed by atoms with Crippen LogP contribution in [0.25, 0.3) is 10.9 Å². The van der Waals surface area contributed by atoms with Crippen molar-refractivity contribution in [2.45, 2.75) is 5.92 Å². The normalized spacial score (nSPS) is 15.8. The van der Waals surface area contributed by atoms with Crippen LogP contribution in [0.2, 0.25) is 0 Å². The fourth-order valence-corrected chi connectivity index (χ4v) is 4.11. The number of allylic oxidation sites excluding steroid dienone is 1. The van der Waals surface area contributed by atoms with E-state index in [0.29, 0.717) is 16.5 Å². The number of aromatic amines is 1. The number of methoxy groups -OCH3 is 2. The first kappa shape index (κ1) is 22.4. The maximum absolute atomic E-state index is 13.1. The lowest BCUT2D eigenvalue weighted by Gasteiger charge is -2.36. The number of nitrogens with two attached hydrogens (primary N) is 1. The Hall–Kier alpha value is -4.84. The number of rotatable bonds is 4. The van der Waals surface area contributed by atoms with Gasteiger partial charge in [0.25, 0.3) is 0 Å². The molecule has 2 heterocycles. The van der Waals surface area contributed by atoms with Crippen LogP contribution in [-0.2, 0) is 19.1 Å². The first-order valence-electron chi connectivity index (χ1n) is 10.2. The zero-order chi connectivity index (χ0) is 24.4. The summed E-state index contributed by atoms with van der Waals surface area (Å²) >= 11 is 0. The predicted octanol–water partition coefficient (Wildman–Crippen LogP) is 2.43. The zero-order valence-electron chi connectivity index (χ0n) is 18.4. The Kier molecular flexibility index (Phi) is 5.89. The molecule has 1 aliphatic heterocycles. The molecule has 3 aromatic rings. The van der Waals surface area contributed by atoms with Crippen molar-refractivity contribution in [3.8, 4) is 6.07 Å². The van der Waals surface area contributed by atoms with E-state index in [-0.39, 0.29) is 33.9 Å². The molecule has 0 amide bonds. The van der Waals surface area contributed by atoms with Crippen LogP contribution < -0.4 is 16.2 Å². The standard InChI is InChI=1S/C25H20N4O5/c1-33-24(31)20-19(14-7-4-3-5-8-14)16(13-26)23(27)29(22(20)25(32)34-2)17-10-6-9-15-11-12-18(30)28-21(15)17/h3-12,19H,27H2,1-2H3,(H,28,30). The molecule has 9 heteroatoms. The van der Waals surface area contributed by atoms with E-state index < -0.39 is 17.9 Å². The number of H-pyrrole nitrogens is 1. The number of esters is 2. The van der Waals surface area contributed by atoms with Gasteiger partial charge in [0.2, 0.25) is 5.56 Å². The first-order valence-corrected chi connectivity index (χ1v) is 10.2. The van der Waals surface area contributed by atoms with Crippen LogP contribution in [0, 0.1) is 11.3 Å². The highest BCUT2D eigenvalue weighted by Gasteiger charge is 2.43. The summed E-state index contributed by atoms with van der Waals surface area (Å²) in [4.78, 5) is 42.3. The second-order valence-electron chi connectivity index (χ2n) is 7.40. The monoisotopic (exact) mass is 456 g/mol. The van der Waals surface area contributed by atoms with Gasteiger partial charge in [-0.05, 0) is 17.7 Å². The second kappa shape index (κ2) is 8.96. The van der Waals surface area contributed by atoms with E-state index >= 15 is 0 Å². The quantitative estimate of drug-likeness (QED) is 0.571. The number of hydrogen-bond donors (Lipinski definition) is 2. The summed E-state index contributed by atoms with van der Waals surface area (Å²) in [5.74, 6) is -2.75. The molecule has 1 aliphatic rings. The predicted molar refractivity (Wildman–Crippen MR) is 124 cm³/mol. The van der Waals surface area contributed by atoms with Crippen molar-refractivity contribution < 1.29 is 19.1 Å². The van der Waals surface area contributed by atoms with Crippen molar-refractivity contribution in [2.24, 2.45) is 5.73 Å². The van der Waals surface area contributed by atoms with Crippen molar-refractivity contribution >= 4 is 28.5 Å². The number of benzene rings is 2. The minimum Gasteiger partial charge on any atom is -0.466 e. The smallest absolute Gasteiger partial charge is 0.355 e. The average molecular weight is 456 g/mol. The number of nitrogens with zero attached hydrogens (tertiary/aromatic N) is 2. The van der Waals surface area contributed by atoms with Gasteiger partial charge in [0, 0.05) is 11.5 Å². The third-order valence-corrected chi connectivity index (χ3v) is 5.59. The molecular weight excluding hydrogens is 436 g/mol. The number of carbonyl (C=O) groups is 2. The molecule has 1 unspecified atom stereocenters. The van der Waals surface area contributed by atoms with Gasteiger partial charge in [-0.15, -0.1) is 0 Å². The Morgan fingerprint density at radius 2 is 1.71 bits per heavy atom. The summed E-state index contributed by atoms with van der Waals surface area (Å²) in [5.41, 5.74) is 7.06. The molecule has 0 fully saturated rings. The molecule has 1 aromatic heterocycles. The van der Waals surface area contributed by atoms with Gasteiger partial charge in [-0.25, -0.2) is 9.59 Å². The number of anilines is 1. The van der Waals surface area contributed by atoms with Crippen LogP contribution in [0.5, 0.6) is 0 Å². The van der Waals surface area contributed by atoms with E-state index in [4.69, 9.17) is 15.2 Å². The summed E-state index contributed by atoms with van der Waals surface area (Å²) in [7, 11) is 2.35. The van der Waals surface area contributed by atoms with E-state index in [9.17, 15) is 19.6 Å². The molecule has 2 aromatic carbocycles. The maximum atomic E-state index is 13.1. The molecule has 9 nitrogen and oxygen atoms in total. The second-order valence-corrected chi connectivity index (χ2v) is 7.40. The third-order valence-electron chi connectivity index (χ3n) is 5.59. The molecule has 0 saturated heterocycles. The lowest BCUT2D eigenvalue weighted by Crippen LogP contribution is -2.41. The van der Waals surface area contributed by atoms with Gasteiger partial charge in [-0.1, -0.05) is 42.5 Å². The van der Waals surface area contributed by atoms with Crippen LogP contribution in [0.15, 0.2) is 88.1 Å². The first-order chi connectivity index (χ1) is 16.4. The molecule has 0 aliphatic carbocycles. The molecule has 0 spiro atoms. The number of nitrogens with one attached hydrogen (secondary N) is 1. The summed E-state index contributed by atoms with van der Waals surface area (Å²) in [6.45, 7) is 0. The van der Waals surface area contributed by atoms with Gasteiger partial charge in [-0.3, -0.25) is 9.69 Å². The lowest BCUT2D eigenvalue weighted by atomic mass is 9.81. The Bertz CT molecular complexity index is 1460. The fourth-order valence-electron chi connectivity index (χ4n) is 4.11. The molecule has 0 bridgehead atoms. The number of hydrogen-bond acceptors (Lipinski definition) is 8. The van der Waals surface area contributed by atoms with Gasteiger partial charge < -0.3 is 20.2 Å². The molecular formula is C25H20N4O5. The van der Waals surface area contributed by atoms with Crippen molar-refractivity contribution in [3.05, 3.63) is 99.2 Å². The minimum absolute atomic E-state index is 0.0366. The van der Waals surface area contributed by atoms with Crippen LogP contribution in [0.3, 0.4) is 0 Å². The van der Waals surface area contributed by atoms with E-state index in [2.05, 4.69) is 11.1 Å². The Balaban J connectivity index is 2.14. The summed E-state index contributed by atoms with van der Waals surface area (Å²) in [6.07, 6.45) is 0. The maximum Gasteiger partial charge on any atom is 0.355 e. The van der Waals surface area contributed by atoms with Crippen LogP contribution in [0.1, 0.15) is 11.5 Å². The summed E-state index contributed by atoms with van der Waals surface area (Å²) in [6, 6.07) is 18.9. The van der Waals surface area contributed by atoms with Gasteiger partial charge in [0.15, 0.2) is 0 Å². The van der Waals surface area contributed by atoms with Gasteiger partial charge in [0.05, 0.1) is 48.6 Å². The van der Waals surface area contributed by atoms with Crippen LogP contribution in [-0.4, -0.2) is 31.1 Å². The number of fused-ring (bicyclic) bond motifs is 1. The molecule has 170 valence electrons. The third kappa shape index (κ3) is 3.57. The van der Waals surface area contributed by atoms with Crippen molar-refractivity contribution in [1.29, 1.82) is 5.26 Å². The largest absolute Gasteiger partial charge is 0.466 e. The number of para-hydroxylation sites is 1. The van der Waals surface area contributed by atoms with E-state index in [1.165, 1.54) is 25.2 Å². The van der Waals surface area contributed by atoms with Crippen molar-refractivity contribution in [2.75, 3.05) is 19.1 Å². The van der Waals surface area contributed by atoms with Crippen molar-refractivity contribution in [1.82, 2.24) is 4.98 Å².